The third-order valence-corrected chi connectivity index (χ3v) is 3.69. The first-order chi connectivity index (χ1) is 8.92. The van der Waals surface area contributed by atoms with Crippen LogP contribution < -0.4 is 5.32 Å². The van der Waals surface area contributed by atoms with Gasteiger partial charge in [-0.3, -0.25) is 0 Å². The summed E-state index contributed by atoms with van der Waals surface area (Å²) in [5.74, 6) is 0. The van der Waals surface area contributed by atoms with Crippen molar-refractivity contribution in [3.63, 3.8) is 0 Å². The van der Waals surface area contributed by atoms with E-state index < -0.39 is 0 Å². The zero-order chi connectivity index (χ0) is 12.2. The number of fused-ring (bicyclic) bond motifs is 1. The molecular formula is C15H20N2O. The first-order valence-electron chi connectivity index (χ1n) is 6.72. The summed E-state index contributed by atoms with van der Waals surface area (Å²) >= 11 is 0. The van der Waals surface area contributed by atoms with Crippen molar-refractivity contribution < 1.29 is 4.74 Å². The maximum absolute atomic E-state index is 5.35. The largest absolute Gasteiger partial charge is 0.378 e. The molecule has 0 bridgehead atoms. The number of rotatable bonds is 2. The second kappa shape index (κ2) is 5.55. The van der Waals surface area contributed by atoms with E-state index in [1.54, 1.807) is 0 Å². The van der Waals surface area contributed by atoms with Crippen LogP contribution in [-0.4, -0.2) is 37.2 Å². The Kier molecular flexibility index (Phi) is 3.62. The van der Waals surface area contributed by atoms with Gasteiger partial charge in [-0.2, -0.15) is 0 Å². The Balaban J connectivity index is 1.60. The van der Waals surface area contributed by atoms with Crippen molar-refractivity contribution in [2.75, 3.05) is 26.3 Å². The first-order valence-corrected chi connectivity index (χ1v) is 6.72. The zero-order valence-corrected chi connectivity index (χ0v) is 10.6. The molecule has 0 spiro atoms. The van der Waals surface area contributed by atoms with Crippen LogP contribution in [0.15, 0.2) is 36.5 Å². The number of benzene rings is 1. The molecule has 96 valence electrons. The monoisotopic (exact) mass is 244 g/mol. The number of hydrogen-bond donors (Lipinski definition) is 1. The fourth-order valence-corrected chi connectivity index (χ4v) is 2.57. The summed E-state index contributed by atoms with van der Waals surface area (Å²) in [4.78, 5) is 2.34. The van der Waals surface area contributed by atoms with E-state index in [1.165, 1.54) is 11.1 Å². The van der Waals surface area contributed by atoms with Crippen LogP contribution in [0.2, 0.25) is 0 Å². The molecule has 1 aromatic carbocycles. The van der Waals surface area contributed by atoms with Crippen molar-refractivity contribution in [3.05, 3.63) is 47.7 Å². The Bertz CT molecular complexity index is 424. The SMILES string of the molecule is C(=C\N1CCOCC1)/C1Cc2ccccc2CN1. The van der Waals surface area contributed by atoms with E-state index in [9.17, 15) is 0 Å². The standard InChI is InChI=1S/C15H20N2O/c1-2-4-14-12-16-15(11-13(14)3-1)5-6-17-7-9-18-10-8-17/h1-6,15-16H,7-12H2/b6-5+. The molecule has 1 atom stereocenters. The molecule has 0 radical (unpaired) electrons. The Morgan fingerprint density at radius 2 is 1.94 bits per heavy atom. The van der Waals surface area contributed by atoms with Gasteiger partial charge in [-0.15, -0.1) is 0 Å². The fourth-order valence-electron chi connectivity index (χ4n) is 2.57. The zero-order valence-electron chi connectivity index (χ0n) is 10.6. The molecule has 1 unspecified atom stereocenters. The van der Waals surface area contributed by atoms with Crippen molar-refractivity contribution in [2.45, 2.75) is 19.0 Å². The summed E-state index contributed by atoms with van der Waals surface area (Å²) in [6, 6.07) is 9.16. The van der Waals surface area contributed by atoms with Gasteiger partial charge in [0.1, 0.15) is 0 Å². The lowest BCUT2D eigenvalue weighted by Gasteiger charge is -2.27. The molecule has 18 heavy (non-hydrogen) atoms. The highest BCUT2D eigenvalue weighted by atomic mass is 16.5. The van der Waals surface area contributed by atoms with Crippen LogP contribution in [0.25, 0.3) is 0 Å². The quantitative estimate of drug-likeness (QED) is 0.854. The Labute approximate surface area is 108 Å². The predicted octanol–water partition coefficient (Wildman–Crippen LogP) is 1.55. The Morgan fingerprint density at radius 1 is 1.17 bits per heavy atom. The number of ether oxygens (including phenoxy) is 1. The van der Waals surface area contributed by atoms with Crippen LogP contribution in [-0.2, 0) is 17.7 Å². The summed E-state index contributed by atoms with van der Waals surface area (Å²) in [5.41, 5.74) is 2.92. The highest BCUT2D eigenvalue weighted by Gasteiger charge is 2.15. The molecule has 1 fully saturated rings. The van der Waals surface area contributed by atoms with Gasteiger partial charge in [0.25, 0.3) is 0 Å². The van der Waals surface area contributed by atoms with Crippen molar-refractivity contribution >= 4 is 0 Å². The summed E-state index contributed by atoms with van der Waals surface area (Å²) in [6.45, 7) is 4.71. The average Bonchev–Trinajstić information content (AvgIpc) is 2.46. The normalized spacial score (nSPS) is 24.2. The van der Waals surface area contributed by atoms with E-state index in [2.05, 4.69) is 46.8 Å². The third-order valence-electron chi connectivity index (χ3n) is 3.69. The molecule has 1 N–H and O–H groups in total. The van der Waals surface area contributed by atoms with E-state index in [1.807, 2.05) is 0 Å². The summed E-state index contributed by atoms with van der Waals surface area (Å²) in [5, 5.41) is 3.57. The molecular weight excluding hydrogens is 224 g/mol. The highest BCUT2D eigenvalue weighted by molar-refractivity contribution is 5.30. The van der Waals surface area contributed by atoms with Crippen molar-refractivity contribution in [3.8, 4) is 0 Å². The van der Waals surface area contributed by atoms with E-state index >= 15 is 0 Å². The molecule has 2 heterocycles. The minimum Gasteiger partial charge on any atom is -0.378 e. The van der Waals surface area contributed by atoms with Gasteiger partial charge in [-0.1, -0.05) is 30.3 Å². The third kappa shape index (κ3) is 2.74. The number of morpholine rings is 1. The smallest absolute Gasteiger partial charge is 0.0642 e. The van der Waals surface area contributed by atoms with Crippen LogP contribution in [0.3, 0.4) is 0 Å². The molecule has 1 saturated heterocycles. The molecule has 1 aromatic rings. The maximum atomic E-state index is 5.35. The predicted molar refractivity (Wildman–Crippen MR) is 72.3 cm³/mol. The van der Waals surface area contributed by atoms with Gasteiger partial charge < -0.3 is 15.0 Å². The molecule has 0 amide bonds. The van der Waals surface area contributed by atoms with E-state index in [0.717, 1.165) is 39.3 Å². The van der Waals surface area contributed by atoms with Crippen molar-refractivity contribution in [2.24, 2.45) is 0 Å². The van der Waals surface area contributed by atoms with E-state index in [-0.39, 0.29) is 0 Å². The molecule has 0 aromatic heterocycles. The molecule has 3 heteroatoms. The second-order valence-corrected chi connectivity index (χ2v) is 4.95. The summed E-state index contributed by atoms with van der Waals surface area (Å²) < 4.78 is 5.35. The van der Waals surface area contributed by atoms with Gasteiger partial charge in [0, 0.05) is 25.7 Å². The molecule has 0 saturated carbocycles. The minimum atomic E-state index is 0.461. The van der Waals surface area contributed by atoms with Gasteiger partial charge in [0.05, 0.1) is 13.2 Å². The van der Waals surface area contributed by atoms with Crippen molar-refractivity contribution in [1.82, 2.24) is 10.2 Å². The van der Waals surface area contributed by atoms with Crippen LogP contribution in [0.1, 0.15) is 11.1 Å². The Morgan fingerprint density at radius 3 is 2.78 bits per heavy atom. The van der Waals surface area contributed by atoms with Gasteiger partial charge >= 0.3 is 0 Å². The van der Waals surface area contributed by atoms with E-state index in [4.69, 9.17) is 4.74 Å². The lowest BCUT2D eigenvalue weighted by Crippen LogP contribution is -2.36. The fraction of sp³-hybridized carbons (Fsp3) is 0.467. The molecule has 2 aliphatic rings. The number of nitrogens with one attached hydrogen (secondary N) is 1. The van der Waals surface area contributed by atoms with Crippen LogP contribution in [0, 0.1) is 0 Å². The Hall–Kier alpha value is -1.32. The lowest BCUT2D eigenvalue weighted by atomic mass is 9.96. The van der Waals surface area contributed by atoms with E-state index in [0.29, 0.717) is 6.04 Å². The number of hydrogen-bond acceptors (Lipinski definition) is 3. The molecule has 0 aliphatic carbocycles. The molecule has 3 rings (SSSR count). The highest BCUT2D eigenvalue weighted by Crippen LogP contribution is 2.16. The average molecular weight is 244 g/mol. The number of nitrogens with zero attached hydrogens (tertiary/aromatic N) is 1. The van der Waals surface area contributed by atoms with Gasteiger partial charge in [0.15, 0.2) is 0 Å². The van der Waals surface area contributed by atoms with Crippen LogP contribution >= 0.6 is 0 Å². The first kappa shape index (κ1) is 11.8. The topological polar surface area (TPSA) is 24.5 Å². The summed E-state index contributed by atoms with van der Waals surface area (Å²) in [6.07, 6.45) is 5.62. The molecule has 3 nitrogen and oxygen atoms in total. The van der Waals surface area contributed by atoms with Crippen molar-refractivity contribution in [1.29, 1.82) is 0 Å². The van der Waals surface area contributed by atoms with Gasteiger partial charge in [-0.05, 0) is 23.7 Å². The summed E-state index contributed by atoms with van der Waals surface area (Å²) in [7, 11) is 0. The lowest BCUT2D eigenvalue weighted by molar-refractivity contribution is 0.0592. The minimum absolute atomic E-state index is 0.461. The molecule has 2 aliphatic heterocycles. The van der Waals surface area contributed by atoms with Crippen LogP contribution in [0.5, 0.6) is 0 Å². The van der Waals surface area contributed by atoms with Gasteiger partial charge in [0.2, 0.25) is 0 Å². The second-order valence-electron chi connectivity index (χ2n) is 4.95. The van der Waals surface area contributed by atoms with Gasteiger partial charge in [-0.25, -0.2) is 0 Å². The maximum Gasteiger partial charge on any atom is 0.0642 e. The van der Waals surface area contributed by atoms with Crippen LogP contribution in [0.4, 0.5) is 0 Å².